The lowest BCUT2D eigenvalue weighted by atomic mass is 10.1. The van der Waals surface area contributed by atoms with Gasteiger partial charge in [-0.1, -0.05) is 60.7 Å². The average molecular weight is 374 g/mol. The molecule has 4 rings (SSSR count). The second kappa shape index (κ2) is 7.62. The number of benzene rings is 2. The van der Waals surface area contributed by atoms with Gasteiger partial charge in [0.15, 0.2) is 0 Å². The first-order valence-corrected chi connectivity index (χ1v) is 8.87. The molecule has 0 spiro atoms. The summed E-state index contributed by atoms with van der Waals surface area (Å²) in [6.07, 6.45) is 0. The van der Waals surface area contributed by atoms with Gasteiger partial charge in [0.1, 0.15) is 0 Å². The van der Waals surface area contributed by atoms with Crippen molar-refractivity contribution >= 4 is 7.32 Å². The van der Waals surface area contributed by atoms with Crippen LogP contribution in [0.15, 0.2) is 72.8 Å². The smallest absolute Gasteiger partial charge is 0.393 e. The van der Waals surface area contributed by atoms with Gasteiger partial charge in [0.25, 0.3) is 0 Å². The van der Waals surface area contributed by atoms with Crippen LogP contribution >= 0.6 is 0 Å². The van der Waals surface area contributed by atoms with Crippen LogP contribution in [0.5, 0.6) is 0 Å². The number of aryl methyl sites for hydroxylation is 2. The summed E-state index contributed by atoms with van der Waals surface area (Å²) in [7, 11) is -1.58. The lowest BCUT2D eigenvalue weighted by Gasteiger charge is -2.11. The summed E-state index contributed by atoms with van der Waals surface area (Å²) in [6.45, 7) is 3.66. The van der Waals surface area contributed by atoms with Gasteiger partial charge in [0.05, 0.1) is 22.8 Å². The van der Waals surface area contributed by atoms with E-state index in [0.717, 1.165) is 33.9 Å². The molecule has 0 amide bonds. The highest BCUT2D eigenvalue weighted by Crippen LogP contribution is 2.19. The molecule has 2 aromatic carbocycles. The monoisotopic (exact) mass is 374 g/mol. The van der Waals surface area contributed by atoms with Crippen molar-refractivity contribution in [2.75, 3.05) is 0 Å². The van der Waals surface area contributed by atoms with Crippen molar-refractivity contribution in [3.8, 4) is 22.5 Å². The number of aromatic nitrogens is 4. The molecule has 8 heteroatoms. The van der Waals surface area contributed by atoms with Crippen molar-refractivity contribution in [1.82, 2.24) is 19.9 Å². The Bertz CT molecular complexity index is 978. The standard InChI is InChI=1S/C20H19BN4O3/c1-15-13-19(17-9-5-3-6-10-17)22-24(15)27-21(26)28-25-16(2)14-20(23-25)18-11-7-4-8-12-18/h3-14,26H,1-2H3. The van der Waals surface area contributed by atoms with E-state index in [-0.39, 0.29) is 0 Å². The van der Waals surface area contributed by atoms with Crippen molar-refractivity contribution in [3.05, 3.63) is 84.2 Å². The Kier molecular flexibility index (Phi) is 4.86. The average Bonchev–Trinajstić information content (AvgIpc) is 3.26. The summed E-state index contributed by atoms with van der Waals surface area (Å²) in [6, 6.07) is 23.2. The zero-order valence-corrected chi connectivity index (χ0v) is 15.6. The molecule has 0 aliphatic carbocycles. The Balaban J connectivity index is 1.47. The number of hydrogen-bond acceptors (Lipinski definition) is 5. The summed E-state index contributed by atoms with van der Waals surface area (Å²) in [5.41, 5.74) is 4.85. The van der Waals surface area contributed by atoms with E-state index in [2.05, 4.69) is 10.2 Å². The molecule has 0 aliphatic heterocycles. The van der Waals surface area contributed by atoms with Crippen LogP contribution in [0.2, 0.25) is 0 Å². The van der Waals surface area contributed by atoms with Crippen LogP contribution in [0.4, 0.5) is 0 Å². The molecule has 0 aliphatic rings. The third kappa shape index (κ3) is 3.77. The molecule has 0 saturated heterocycles. The van der Waals surface area contributed by atoms with E-state index in [4.69, 9.17) is 9.51 Å². The highest BCUT2D eigenvalue weighted by molar-refractivity contribution is 6.35. The minimum atomic E-state index is -1.58. The zero-order chi connectivity index (χ0) is 19.5. The molecular formula is C20H19BN4O3. The number of hydrogen-bond donors (Lipinski definition) is 1. The molecular weight excluding hydrogens is 355 g/mol. The van der Waals surface area contributed by atoms with E-state index < -0.39 is 7.32 Å². The lowest BCUT2D eigenvalue weighted by Crippen LogP contribution is -2.41. The molecule has 7 nitrogen and oxygen atoms in total. The van der Waals surface area contributed by atoms with Crippen molar-refractivity contribution in [1.29, 1.82) is 0 Å². The fourth-order valence-corrected chi connectivity index (χ4v) is 2.82. The van der Waals surface area contributed by atoms with Crippen molar-refractivity contribution in [3.63, 3.8) is 0 Å². The number of nitrogens with zero attached hydrogens (tertiary/aromatic N) is 4. The molecule has 0 unspecified atom stereocenters. The van der Waals surface area contributed by atoms with Gasteiger partial charge in [-0.15, -0.1) is 19.9 Å². The van der Waals surface area contributed by atoms with E-state index >= 15 is 0 Å². The van der Waals surface area contributed by atoms with Gasteiger partial charge >= 0.3 is 7.32 Å². The first-order chi connectivity index (χ1) is 13.6. The predicted molar refractivity (Wildman–Crippen MR) is 106 cm³/mol. The largest absolute Gasteiger partial charge is 0.828 e. The first-order valence-electron chi connectivity index (χ1n) is 8.87. The van der Waals surface area contributed by atoms with Crippen molar-refractivity contribution in [2.24, 2.45) is 0 Å². The fourth-order valence-electron chi connectivity index (χ4n) is 2.82. The third-order valence-corrected chi connectivity index (χ3v) is 4.21. The quantitative estimate of drug-likeness (QED) is 0.525. The van der Waals surface area contributed by atoms with E-state index in [1.807, 2.05) is 86.6 Å². The second-order valence-electron chi connectivity index (χ2n) is 6.34. The van der Waals surface area contributed by atoms with Crippen LogP contribution in [-0.4, -0.2) is 32.2 Å². The lowest BCUT2D eigenvalue weighted by molar-refractivity contribution is 0.0782. The van der Waals surface area contributed by atoms with Gasteiger partial charge < -0.3 is 14.5 Å². The van der Waals surface area contributed by atoms with E-state index in [1.165, 1.54) is 9.69 Å². The first kappa shape index (κ1) is 17.9. The SMILES string of the molecule is Cc1cc(-c2ccccc2)nn1OB(O)On1nc(-c2ccccc2)cc1C. The van der Waals surface area contributed by atoms with Gasteiger partial charge in [-0.05, 0) is 26.0 Å². The minimum absolute atomic E-state index is 0.726. The Morgan fingerprint density at radius 3 is 1.50 bits per heavy atom. The maximum absolute atomic E-state index is 10.2. The van der Waals surface area contributed by atoms with Crippen LogP contribution in [0.3, 0.4) is 0 Å². The highest BCUT2D eigenvalue weighted by atomic mass is 16.8. The minimum Gasteiger partial charge on any atom is -0.393 e. The summed E-state index contributed by atoms with van der Waals surface area (Å²) < 4.78 is 10.8. The Morgan fingerprint density at radius 1 is 0.714 bits per heavy atom. The maximum atomic E-state index is 10.2. The van der Waals surface area contributed by atoms with Gasteiger partial charge in [0, 0.05) is 11.1 Å². The van der Waals surface area contributed by atoms with Gasteiger partial charge in [-0.3, -0.25) is 0 Å². The van der Waals surface area contributed by atoms with E-state index in [0.29, 0.717) is 0 Å². The predicted octanol–water partition coefficient (Wildman–Crippen LogP) is 2.57. The molecule has 0 bridgehead atoms. The molecule has 0 fully saturated rings. The fraction of sp³-hybridized carbons (Fsp3) is 0.100. The normalized spacial score (nSPS) is 10.7. The molecule has 140 valence electrons. The Hall–Kier alpha value is -3.52. The Labute approximate surface area is 162 Å². The maximum Gasteiger partial charge on any atom is 0.828 e. The van der Waals surface area contributed by atoms with E-state index in [1.54, 1.807) is 0 Å². The van der Waals surface area contributed by atoms with Gasteiger partial charge in [-0.2, -0.15) is 0 Å². The Morgan fingerprint density at radius 2 is 1.11 bits per heavy atom. The highest BCUT2D eigenvalue weighted by Gasteiger charge is 2.26. The van der Waals surface area contributed by atoms with Crippen LogP contribution in [0.1, 0.15) is 11.4 Å². The van der Waals surface area contributed by atoms with Crippen molar-refractivity contribution in [2.45, 2.75) is 13.8 Å². The zero-order valence-electron chi connectivity index (χ0n) is 15.6. The van der Waals surface area contributed by atoms with Crippen LogP contribution in [0.25, 0.3) is 22.5 Å². The molecule has 0 saturated carbocycles. The molecule has 28 heavy (non-hydrogen) atoms. The second-order valence-corrected chi connectivity index (χ2v) is 6.34. The number of rotatable bonds is 6. The molecule has 2 aromatic heterocycles. The van der Waals surface area contributed by atoms with Crippen LogP contribution in [0, 0.1) is 13.8 Å². The summed E-state index contributed by atoms with van der Waals surface area (Å²) in [4.78, 5) is 2.48. The van der Waals surface area contributed by atoms with Crippen LogP contribution in [-0.2, 0) is 0 Å². The molecule has 1 N–H and O–H groups in total. The van der Waals surface area contributed by atoms with Crippen LogP contribution < -0.4 is 9.51 Å². The molecule has 4 aromatic rings. The summed E-state index contributed by atoms with van der Waals surface area (Å²) in [5.74, 6) is 0. The summed E-state index contributed by atoms with van der Waals surface area (Å²) in [5, 5.41) is 18.9. The third-order valence-electron chi connectivity index (χ3n) is 4.21. The van der Waals surface area contributed by atoms with E-state index in [9.17, 15) is 5.02 Å². The molecule has 2 heterocycles. The molecule has 0 atom stereocenters. The molecule has 0 radical (unpaired) electrons. The topological polar surface area (TPSA) is 74.3 Å². The van der Waals surface area contributed by atoms with Crippen molar-refractivity contribution < 1.29 is 14.5 Å². The van der Waals surface area contributed by atoms with Gasteiger partial charge in [-0.25, -0.2) is 0 Å². The summed E-state index contributed by atoms with van der Waals surface area (Å²) >= 11 is 0. The van der Waals surface area contributed by atoms with Gasteiger partial charge in [0.2, 0.25) is 0 Å².